The van der Waals surface area contributed by atoms with Crippen molar-refractivity contribution in [3.63, 3.8) is 0 Å². The van der Waals surface area contributed by atoms with E-state index in [0.29, 0.717) is 31.0 Å². The SMILES string of the molecule is O=C(NCCc1c[nH]c2ccccc12)[C@H]1[C@@H]2C=C[C@]3(CN(c4ccc5c(c4)OCO5)C(=O)[C@@H]13)O2. The van der Waals surface area contributed by atoms with E-state index in [4.69, 9.17) is 14.2 Å². The van der Waals surface area contributed by atoms with Crippen LogP contribution in [0.25, 0.3) is 10.9 Å². The molecule has 0 aliphatic carbocycles. The highest BCUT2D eigenvalue weighted by Crippen LogP contribution is 2.53. The summed E-state index contributed by atoms with van der Waals surface area (Å²) in [6.07, 6.45) is 6.20. The Hall–Kier alpha value is -3.78. The van der Waals surface area contributed by atoms with Crippen molar-refractivity contribution in [3.8, 4) is 11.5 Å². The smallest absolute Gasteiger partial charge is 0.234 e. The number of rotatable bonds is 5. The lowest BCUT2D eigenvalue weighted by atomic mass is 9.77. The number of carbonyl (C=O) groups excluding carboxylic acids is 2. The number of hydrogen-bond donors (Lipinski definition) is 2. The van der Waals surface area contributed by atoms with Gasteiger partial charge in [-0.3, -0.25) is 9.59 Å². The van der Waals surface area contributed by atoms with Crippen LogP contribution in [0.5, 0.6) is 11.5 Å². The van der Waals surface area contributed by atoms with E-state index < -0.39 is 17.4 Å². The summed E-state index contributed by atoms with van der Waals surface area (Å²) in [5, 5.41) is 4.22. The maximum absolute atomic E-state index is 13.5. The van der Waals surface area contributed by atoms with E-state index in [1.54, 1.807) is 11.0 Å². The van der Waals surface area contributed by atoms with Crippen molar-refractivity contribution in [2.24, 2.45) is 11.8 Å². The molecule has 2 fully saturated rings. The Kier molecular flexibility index (Phi) is 4.11. The predicted octanol–water partition coefficient (Wildman–Crippen LogP) is 2.54. The monoisotopic (exact) mass is 457 g/mol. The minimum atomic E-state index is -0.767. The Morgan fingerprint density at radius 2 is 2.06 bits per heavy atom. The third-order valence-electron chi connectivity index (χ3n) is 7.44. The molecule has 8 nitrogen and oxygen atoms in total. The number of anilines is 1. The van der Waals surface area contributed by atoms with Gasteiger partial charge in [0.1, 0.15) is 5.60 Å². The second-order valence-electron chi connectivity index (χ2n) is 9.26. The second-order valence-corrected chi connectivity index (χ2v) is 9.26. The van der Waals surface area contributed by atoms with Crippen LogP contribution in [0.1, 0.15) is 5.56 Å². The largest absolute Gasteiger partial charge is 0.454 e. The third-order valence-corrected chi connectivity index (χ3v) is 7.44. The zero-order valence-corrected chi connectivity index (χ0v) is 18.3. The molecule has 0 radical (unpaired) electrons. The average Bonchev–Trinajstić information content (AvgIpc) is 3.66. The highest BCUT2D eigenvalue weighted by molar-refractivity contribution is 6.03. The summed E-state index contributed by atoms with van der Waals surface area (Å²) in [6.45, 7) is 1.04. The van der Waals surface area contributed by atoms with Crippen molar-refractivity contribution in [2.75, 3.05) is 24.8 Å². The van der Waals surface area contributed by atoms with E-state index in [0.717, 1.165) is 22.2 Å². The lowest BCUT2D eigenvalue weighted by Crippen LogP contribution is -2.44. The summed E-state index contributed by atoms with van der Waals surface area (Å²) in [7, 11) is 0. The van der Waals surface area contributed by atoms with Gasteiger partial charge in [0.25, 0.3) is 0 Å². The first-order chi connectivity index (χ1) is 16.6. The van der Waals surface area contributed by atoms with Crippen LogP contribution in [0.15, 0.2) is 60.8 Å². The maximum Gasteiger partial charge on any atom is 0.234 e. The van der Waals surface area contributed by atoms with Crippen LogP contribution in [0.3, 0.4) is 0 Å². The highest BCUT2D eigenvalue weighted by Gasteiger charge is 2.67. The van der Waals surface area contributed by atoms with Gasteiger partial charge < -0.3 is 29.4 Å². The number of nitrogens with one attached hydrogen (secondary N) is 2. The molecular formula is C26H23N3O5. The number of nitrogens with zero attached hydrogens (tertiary/aromatic N) is 1. The summed E-state index contributed by atoms with van der Waals surface area (Å²) in [5.74, 6) is -0.0320. The third kappa shape index (κ3) is 2.75. The molecule has 34 heavy (non-hydrogen) atoms. The molecule has 1 spiro atoms. The first-order valence-electron chi connectivity index (χ1n) is 11.5. The van der Waals surface area contributed by atoms with Crippen LogP contribution < -0.4 is 19.7 Å². The molecule has 2 bridgehead atoms. The fraction of sp³-hybridized carbons (Fsp3) is 0.308. The molecule has 1 aromatic heterocycles. The van der Waals surface area contributed by atoms with Gasteiger partial charge in [-0.25, -0.2) is 0 Å². The number of amides is 2. The quantitative estimate of drug-likeness (QED) is 0.575. The van der Waals surface area contributed by atoms with Crippen LogP contribution in [0, 0.1) is 11.8 Å². The zero-order valence-electron chi connectivity index (χ0n) is 18.3. The molecule has 2 aromatic carbocycles. The minimum absolute atomic E-state index is 0.0949. The highest BCUT2D eigenvalue weighted by atomic mass is 16.7. The number of benzene rings is 2. The van der Waals surface area contributed by atoms with Crippen LogP contribution in [0.2, 0.25) is 0 Å². The average molecular weight is 457 g/mol. The van der Waals surface area contributed by atoms with Crippen LogP contribution in [-0.2, 0) is 20.7 Å². The van der Waals surface area contributed by atoms with Gasteiger partial charge in [0.2, 0.25) is 18.6 Å². The van der Waals surface area contributed by atoms with Crippen molar-refractivity contribution >= 4 is 28.4 Å². The molecule has 4 atom stereocenters. The van der Waals surface area contributed by atoms with Crippen molar-refractivity contribution in [1.29, 1.82) is 0 Å². The molecule has 4 aliphatic heterocycles. The number of H-pyrrole nitrogens is 1. The van der Waals surface area contributed by atoms with Crippen LogP contribution in [-0.4, -0.2) is 48.4 Å². The molecule has 4 aliphatic rings. The molecule has 5 heterocycles. The molecule has 2 N–H and O–H groups in total. The number of ether oxygens (including phenoxy) is 3. The van der Waals surface area contributed by atoms with E-state index in [-0.39, 0.29) is 24.7 Å². The fourth-order valence-electron chi connectivity index (χ4n) is 5.85. The molecule has 0 saturated carbocycles. The fourth-order valence-corrected chi connectivity index (χ4v) is 5.85. The van der Waals surface area contributed by atoms with Gasteiger partial charge in [0.15, 0.2) is 11.5 Å². The molecule has 2 saturated heterocycles. The molecule has 7 rings (SSSR count). The van der Waals surface area contributed by atoms with Crippen molar-refractivity contribution in [3.05, 3.63) is 66.4 Å². The maximum atomic E-state index is 13.5. The Morgan fingerprint density at radius 3 is 3.00 bits per heavy atom. The minimum Gasteiger partial charge on any atom is -0.454 e. The van der Waals surface area contributed by atoms with E-state index in [1.165, 1.54) is 0 Å². The Morgan fingerprint density at radius 1 is 1.18 bits per heavy atom. The lowest BCUT2D eigenvalue weighted by Gasteiger charge is -2.23. The molecular weight excluding hydrogens is 434 g/mol. The molecule has 172 valence electrons. The Labute approximate surface area is 195 Å². The molecule has 3 aromatic rings. The van der Waals surface area contributed by atoms with Crippen molar-refractivity contribution in [2.45, 2.75) is 18.1 Å². The second kappa shape index (κ2) is 7.11. The van der Waals surface area contributed by atoms with Crippen molar-refractivity contribution < 1.29 is 23.8 Å². The summed E-state index contributed by atoms with van der Waals surface area (Å²) < 4.78 is 17.1. The number of aromatic nitrogens is 1. The molecule has 2 amide bonds. The van der Waals surface area contributed by atoms with E-state index in [9.17, 15) is 9.59 Å². The summed E-state index contributed by atoms with van der Waals surface area (Å²) in [6, 6.07) is 13.6. The van der Waals surface area contributed by atoms with Gasteiger partial charge in [0, 0.05) is 35.4 Å². The Balaban J connectivity index is 1.08. The number of aromatic amines is 1. The molecule has 8 heteroatoms. The van der Waals surface area contributed by atoms with Gasteiger partial charge >= 0.3 is 0 Å². The van der Waals surface area contributed by atoms with Crippen molar-refractivity contribution in [1.82, 2.24) is 10.3 Å². The topological polar surface area (TPSA) is 92.9 Å². The summed E-state index contributed by atoms with van der Waals surface area (Å²) >= 11 is 0. The Bertz CT molecular complexity index is 1360. The number of carbonyl (C=O) groups is 2. The zero-order chi connectivity index (χ0) is 22.9. The van der Waals surface area contributed by atoms with E-state index >= 15 is 0 Å². The molecule has 0 unspecified atom stereocenters. The van der Waals surface area contributed by atoms with Gasteiger partial charge in [-0.2, -0.15) is 0 Å². The van der Waals surface area contributed by atoms with E-state index in [2.05, 4.69) is 16.4 Å². The summed E-state index contributed by atoms with van der Waals surface area (Å²) in [4.78, 5) is 31.8. The predicted molar refractivity (Wildman–Crippen MR) is 124 cm³/mol. The first kappa shape index (κ1) is 19.7. The van der Waals surface area contributed by atoms with Gasteiger partial charge in [-0.05, 0) is 30.2 Å². The normalized spacial score (nSPS) is 28.2. The summed E-state index contributed by atoms with van der Waals surface area (Å²) in [5.41, 5.74) is 2.19. The van der Waals surface area contributed by atoms with E-state index in [1.807, 2.05) is 48.7 Å². The number of para-hydroxylation sites is 1. The van der Waals surface area contributed by atoms with Gasteiger partial charge in [0.05, 0.1) is 24.5 Å². The number of hydrogen-bond acceptors (Lipinski definition) is 5. The van der Waals surface area contributed by atoms with Gasteiger partial charge in [-0.1, -0.05) is 30.4 Å². The number of fused-ring (bicyclic) bond motifs is 3. The van der Waals surface area contributed by atoms with Crippen LogP contribution in [0.4, 0.5) is 5.69 Å². The van der Waals surface area contributed by atoms with Crippen LogP contribution >= 0.6 is 0 Å². The lowest BCUT2D eigenvalue weighted by molar-refractivity contribution is -0.131. The van der Waals surface area contributed by atoms with Gasteiger partial charge in [-0.15, -0.1) is 0 Å². The standard InChI is InChI=1S/C26H23N3O5/c30-24(27-10-8-15-12-28-18-4-2-1-3-17(15)18)22-20-7-9-26(34-20)13-29(25(31)23(22)26)16-5-6-19-21(11-16)33-14-32-19/h1-7,9,11-12,20,22-23,28H,8,10,13-14H2,(H,27,30)/t20-,22-,23+,26+/m0/s1. The first-order valence-corrected chi connectivity index (χ1v) is 11.5.